The molecule has 0 saturated carbocycles. The van der Waals surface area contributed by atoms with E-state index < -0.39 is 0 Å². The zero-order valence-corrected chi connectivity index (χ0v) is 16.7. The number of unbranched alkanes of at least 4 members (excludes halogenated alkanes) is 15. The summed E-state index contributed by atoms with van der Waals surface area (Å²) < 4.78 is 1.26. The van der Waals surface area contributed by atoms with Gasteiger partial charge in [-0.05, 0) is 12.5 Å². The summed E-state index contributed by atoms with van der Waals surface area (Å²) in [6, 6.07) is 5.86. The third-order valence-electron chi connectivity index (χ3n) is 5.21. The van der Waals surface area contributed by atoms with Gasteiger partial charge < -0.3 is 0 Å². The summed E-state index contributed by atoms with van der Waals surface area (Å²) in [5.74, 6) is 0. The van der Waals surface area contributed by atoms with Gasteiger partial charge in [0.25, 0.3) is 0 Å². The topological polar surface area (TPSA) is 24.1 Å². The fourth-order valence-electron chi connectivity index (χ4n) is 3.52. The highest BCUT2D eigenvalue weighted by Gasteiger charge is 2.06. The van der Waals surface area contributed by atoms with E-state index in [1.807, 2.05) is 18.2 Å². The number of aryl methyl sites for hydroxylation is 1. The van der Waals surface area contributed by atoms with Crippen molar-refractivity contribution in [3.8, 4) is 0 Å². The van der Waals surface area contributed by atoms with Crippen LogP contribution in [0.4, 0.5) is 0 Å². The summed E-state index contributed by atoms with van der Waals surface area (Å²) in [6.07, 6.45) is 25.1. The van der Waals surface area contributed by atoms with Crippen molar-refractivity contribution in [3.63, 3.8) is 0 Å². The Morgan fingerprint density at radius 2 is 1.08 bits per heavy atom. The van der Waals surface area contributed by atoms with E-state index in [9.17, 15) is 5.21 Å². The molecular weight excluding hydrogens is 306 g/mol. The fraction of sp³-hybridized carbons (Fsp3) is 0.783. The lowest BCUT2D eigenvalue weighted by molar-refractivity contribution is -0.909. The normalized spacial score (nSPS) is 11.1. The third-order valence-corrected chi connectivity index (χ3v) is 5.21. The van der Waals surface area contributed by atoms with Gasteiger partial charge in [0, 0.05) is 23.3 Å². The Hall–Kier alpha value is -1.05. The molecular formula is C23H42NO+. The van der Waals surface area contributed by atoms with Crippen LogP contribution in [0.3, 0.4) is 0 Å². The smallest absolute Gasteiger partial charge is 0.234 e. The molecule has 0 amide bonds. The minimum atomic E-state index is 0.982. The molecule has 144 valence electrons. The first kappa shape index (κ1) is 22.0. The van der Waals surface area contributed by atoms with Crippen LogP contribution in [0.5, 0.6) is 0 Å². The van der Waals surface area contributed by atoms with Crippen molar-refractivity contribution in [2.45, 2.75) is 116 Å². The van der Waals surface area contributed by atoms with Crippen LogP contribution in [0.2, 0.25) is 0 Å². The maximum Gasteiger partial charge on any atom is 0.234 e. The molecule has 0 aliphatic heterocycles. The second kappa shape index (κ2) is 16.4. The third kappa shape index (κ3) is 12.9. The molecule has 2 nitrogen and oxygen atoms in total. The van der Waals surface area contributed by atoms with Crippen LogP contribution in [0.1, 0.15) is 115 Å². The van der Waals surface area contributed by atoms with Crippen LogP contribution < -0.4 is 4.73 Å². The van der Waals surface area contributed by atoms with Crippen molar-refractivity contribution in [3.05, 3.63) is 30.1 Å². The first-order valence-corrected chi connectivity index (χ1v) is 11.0. The average molecular weight is 349 g/mol. The van der Waals surface area contributed by atoms with Crippen molar-refractivity contribution in [1.82, 2.24) is 0 Å². The minimum Gasteiger partial charge on any atom is -0.285 e. The van der Waals surface area contributed by atoms with Crippen LogP contribution in [0.15, 0.2) is 24.4 Å². The van der Waals surface area contributed by atoms with Gasteiger partial charge in [0.05, 0.1) is 0 Å². The van der Waals surface area contributed by atoms with Crippen molar-refractivity contribution >= 4 is 0 Å². The highest BCUT2D eigenvalue weighted by molar-refractivity contribution is 4.96. The van der Waals surface area contributed by atoms with Gasteiger partial charge in [0.15, 0.2) is 0 Å². The van der Waals surface area contributed by atoms with Crippen molar-refractivity contribution in [1.29, 1.82) is 0 Å². The Labute approximate surface area is 156 Å². The number of hydrogen-bond donors (Lipinski definition) is 1. The van der Waals surface area contributed by atoms with Crippen LogP contribution in [-0.2, 0) is 6.42 Å². The van der Waals surface area contributed by atoms with E-state index >= 15 is 0 Å². The summed E-state index contributed by atoms with van der Waals surface area (Å²) in [6.45, 7) is 2.29. The standard InChI is InChI=1S/C23H42NO/c1-2-3-4-5-6-7-8-9-10-11-12-13-14-15-16-17-20-23-21-18-19-22-24(23)25/h18-19,21-22,25H,2-17,20H2,1H3/q+1. The van der Waals surface area contributed by atoms with Crippen LogP contribution in [0, 0.1) is 0 Å². The molecule has 0 fully saturated rings. The van der Waals surface area contributed by atoms with E-state index in [1.165, 1.54) is 107 Å². The number of pyridine rings is 1. The quantitative estimate of drug-likeness (QED) is 0.183. The molecule has 0 radical (unpaired) electrons. The number of hydrogen-bond acceptors (Lipinski definition) is 1. The fourth-order valence-corrected chi connectivity index (χ4v) is 3.52. The van der Waals surface area contributed by atoms with Gasteiger partial charge in [0.1, 0.15) is 0 Å². The molecule has 0 atom stereocenters. The zero-order chi connectivity index (χ0) is 18.0. The molecule has 0 saturated heterocycles. The molecule has 0 aromatic carbocycles. The molecule has 1 rings (SSSR count). The molecule has 0 spiro atoms. The molecule has 0 aliphatic rings. The largest absolute Gasteiger partial charge is 0.285 e. The van der Waals surface area contributed by atoms with Crippen LogP contribution in [-0.4, -0.2) is 5.21 Å². The van der Waals surface area contributed by atoms with Gasteiger partial charge in [-0.2, -0.15) is 0 Å². The number of nitrogens with zero attached hydrogens (tertiary/aromatic N) is 1. The number of aromatic nitrogens is 1. The van der Waals surface area contributed by atoms with E-state index in [2.05, 4.69) is 6.92 Å². The Morgan fingerprint density at radius 1 is 0.640 bits per heavy atom. The molecule has 0 aliphatic carbocycles. The van der Waals surface area contributed by atoms with E-state index in [-0.39, 0.29) is 0 Å². The predicted molar refractivity (Wildman–Crippen MR) is 107 cm³/mol. The van der Waals surface area contributed by atoms with Gasteiger partial charge in [-0.25, -0.2) is 0 Å². The summed E-state index contributed by atoms with van der Waals surface area (Å²) in [5, 5.41) is 9.65. The summed E-state index contributed by atoms with van der Waals surface area (Å²) in [5.41, 5.74) is 1.02. The summed E-state index contributed by atoms with van der Waals surface area (Å²) in [7, 11) is 0. The maximum atomic E-state index is 9.65. The zero-order valence-electron chi connectivity index (χ0n) is 16.7. The summed E-state index contributed by atoms with van der Waals surface area (Å²) in [4.78, 5) is 0. The van der Waals surface area contributed by atoms with Gasteiger partial charge in [0.2, 0.25) is 11.9 Å². The lowest BCUT2D eigenvalue weighted by Crippen LogP contribution is -2.34. The molecule has 1 aromatic heterocycles. The van der Waals surface area contributed by atoms with Gasteiger partial charge in [-0.3, -0.25) is 5.21 Å². The maximum absolute atomic E-state index is 9.65. The second-order valence-corrected chi connectivity index (χ2v) is 7.59. The molecule has 25 heavy (non-hydrogen) atoms. The Kier molecular flexibility index (Phi) is 14.4. The van der Waals surface area contributed by atoms with Crippen molar-refractivity contribution in [2.24, 2.45) is 0 Å². The molecule has 1 heterocycles. The SMILES string of the molecule is CCCCCCCCCCCCCCCCCCc1cccc[n+]1O. The average Bonchev–Trinajstić information content (AvgIpc) is 2.63. The first-order chi connectivity index (χ1) is 12.3. The van der Waals surface area contributed by atoms with Gasteiger partial charge in [-0.1, -0.05) is 103 Å². The molecule has 0 unspecified atom stereocenters. The number of rotatable bonds is 17. The Bertz CT molecular complexity index is 405. The molecule has 1 aromatic rings. The summed E-state index contributed by atoms with van der Waals surface area (Å²) >= 11 is 0. The molecule has 0 bridgehead atoms. The Balaban J connectivity index is 1.75. The lowest BCUT2D eigenvalue weighted by atomic mass is 10.0. The highest BCUT2D eigenvalue weighted by Crippen LogP contribution is 2.14. The van der Waals surface area contributed by atoms with E-state index in [0.717, 1.165) is 12.1 Å². The first-order valence-electron chi connectivity index (χ1n) is 11.0. The molecule has 1 N–H and O–H groups in total. The highest BCUT2D eigenvalue weighted by atomic mass is 16.5. The van der Waals surface area contributed by atoms with Gasteiger partial charge >= 0.3 is 0 Å². The molecule has 2 heteroatoms. The second-order valence-electron chi connectivity index (χ2n) is 7.59. The van der Waals surface area contributed by atoms with E-state index in [4.69, 9.17) is 0 Å². The monoisotopic (exact) mass is 348 g/mol. The van der Waals surface area contributed by atoms with E-state index in [0.29, 0.717) is 0 Å². The van der Waals surface area contributed by atoms with Crippen molar-refractivity contribution in [2.75, 3.05) is 0 Å². The van der Waals surface area contributed by atoms with Gasteiger partial charge in [-0.15, -0.1) is 0 Å². The van der Waals surface area contributed by atoms with Crippen molar-refractivity contribution < 1.29 is 9.94 Å². The van der Waals surface area contributed by atoms with Crippen LogP contribution >= 0.6 is 0 Å². The Morgan fingerprint density at radius 3 is 1.52 bits per heavy atom. The van der Waals surface area contributed by atoms with E-state index in [1.54, 1.807) is 6.20 Å². The van der Waals surface area contributed by atoms with Crippen LogP contribution in [0.25, 0.3) is 0 Å². The minimum absolute atomic E-state index is 0.982. The predicted octanol–water partition coefficient (Wildman–Crippen LogP) is 7.02. The lowest BCUT2D eigenvalue weighted by Gasteiger charge is -2.03.